The highest BCUT2D eigenvalue weighted by Crippen LogP contribution is 2.66. The standard InChI is InChI=1S/C71H46N2/c1-69(2)54-26-9-3-19-45(54)50-39-37-44(42-63(50)69)72(66-36-18-33-61-67(66)52-24-8-14-31-59(52)70(61)55-27-10-4-20-46(55)47-21-5-11-28-56(47)70)43-38-40-64-53(41-43)51-25-17-34-62-68(51)73(64)65-35-16-15-32-60(65)71(62)57-29-12-6-22-48(57)49-23-7-13-30-58(49)71/h3-42H,1-2H3. The van der Waals surface area contributed by atoms with Crippen LogP contribution in [0.25, 0.3) is 72.0 Å². The molecule has 11 aromatic carbocycles. The van der Waals surface area contributed by atoms with Crippen molar-refractivity contribution in [2.45, 2.75) is 30.1 Å². The van der Waals surface area contributed by atoms with Crippen LogP contribution >= 0.6 is 0 Å². The summed E-state index contributed by atoms with van der Waals surface area (Å²) < 4.78 is 2.57. The van der Waals surface area contributed by atoms with E-state index in [1.807, 2.05) is 0 Å². The summed E-state index contributed by atoms with van der Waals surface area (Å²) in [6.45, 7) is 4.79. The summed E-state index contributed by atoms with van der Waals surface area (Å²) in [5, 5.41) is 2.50. The lowest BCUT2D eigenvalue weighted by atomic mass is 9.65. The molecule has 73 heavy (non-hydrogen) atoms. The van der Waals surface area contributed by atoms with Crippen molar-refractivity contribution >= 4 is 38.9 Å². The van der Waals surface area contributed by atoms with Crippen LogP contribution in [0.15, 0.2) is 243 Å². The van der Waals surface area contributed by atoms with Gasteiger partial charge in [0.15, 0.2) is 0 Å². The molecular weight excluding hydrogens is 881 g/mol. The first-order chi connectivity index (χ1) is 36.0. The molecule has 0 amide bonds. The van der Waals surface area contributed by atoms with Crippen molar-refractivity contribution < 1.29 is 0 Å². The number of aromatic nitrogens is 1. The van der Waals surface area contributed by atoms with Crippen molar-refractivity contribution in [2.75, 3.05) is 4.90 Å². The van der Waals surface area contributed by atoms with E-state index in [1.54, 1.807) is 0 Å². The summed E-state index contributed by atoms with van der Waals surface area (Å²) in [6.07, 6.45) is 0. The van der Waals surface area contributed by atoms with E-state index in [2.05, 4.69) is 266 Å². The summed E-state index contributed by atoms with van der Waals surface area (Å²) in [7, 11) is 0. The summed E-state index contributed by atoms with van der Waals surface area (Å²) in [6, 6.07) is 92.6. The minimum Gasteiger partial charge on any atom is -0.310 e. The Balaban J connectivity index is 0.960. The van der Waals surface area contributed by atoms with Gasteiger partial charge in [-0.1, -0.05) is 214 Å². The van der Waals surface area contributed by atoms with E-state index in [0.29, 0.717) is 0 Å². The Morgan fingerprint density at radius 3 is 1.38 bits per heavy atom. The van der Waals surface area contributed by atoms with Crippen LogP contribution in [0.2, 0.25) is 0 Å². The van der Waals surface area contributed by atoms with E-state index in [0.717, 1.165) is 11.4 Å². The number of benzene rings is 11. The fourth-order valence-electron chi connectivity index (χ4n) is 15.3. The van der Waals surface area contributed by atoms with Crippen LogP contribution in [0.3, 0.4) is 0 Å². The Labute approximate surface area is 424 Å². The van der Waals surface area contributed by atoms with Gasteiger partial charge in [-0.25, -0.2) is 0 Å². The zero-order valence-corrected chi connectivity index (χ0v) is 40.5. The van der Waals surface area contributed by atoms with E-state index in [4.69, 9.17) is 0 Å². The van der Waals surface area contributed by atoms with Gasteiger partial charge in [0, 0.05) is 33.1 Å². The first kappa shape index (κ1) is 39.7. The fourth-order valence-corrected chi connectivity index (χ4v) is 15.3. The summed E-state index contributed by atoms with van der Waals surface area (Å²) in [5.74, 6) is 0. The predicted molar refractivity (Wildman–Crippen MR) is 300 cm³/mol. The molecule has 0 radical (unpaired) electrons. The molecule has 2 nitrogen and oxygen atoms in total. The summed E-state index contributed by atoms with van der Waals surface area (Å²) >= 11 is 0. The van der Waals surface area contributed by atoms with Crippen LogP contribution < -0.4 is 4.90 Å². The second kappa shape index (κ2) is 13.7. The number of nitrogens with zero attached hydrogens (tertiary/aromatic N) is 2. The van der Waals surface area contributed by atoms with Gasteiger partial charge in [0.1, 0.15) is 0 Å². The average molecular weight is 927 g/mol. The Hall–Kier alpha value is -8.98. The smallest absolute Gasteiger partial charge is 0.0754 e. The monoisotopic (exact) mass is 926 g/mol. The molecule has 340 valence electrons. The molecule has 0 unspecified atom stereocenters. The van der Waals surface area contributed by atoms with Crippen LogP contribution in [-0.4, -0.2) is 4.57 Å². The molecule has 17 rings (SSSR count). The maximum atomic E-state index is 2.59. The Morgan fingerprint density at radius 1 is 0.315 bits per heavy atom. The zero-order valence-electron chi connectivity index (χ0n) is 40.5. The Bertz CT molecular complexity index is 4350. The largest absolute Gasteiger partial charge is 0.310 e. The van der Waals surface area contributed by atoms with E-state index >= 15 is 0 Å². The molecule has 0 saturated carbocycles. The van der Waals surface area contributed by atoms with Gasteiger partial charge in [-0.2, -0.15) is 0 Å². The topological polar surface area (TPSA) is 8.17 Å². The van der Waals surface area contributed by atoms with Crippen LogP contribution in [-0.2, 0) is 16.2 Å². The average Bonchev–Trinajstić information content (AvgIpc) is 4.19. The molecule has 1 aliphatic heterocycles. The highest BCUT2D eigenvalue weighted by molar-refractivity contribution is 6.14. The van der Waals surface area contributed by atoms with Gasteiger partial charge in [-0.3, -0.25) is 0 Å². The molecule has 0 bridgehead atoms. The van der Waals surface area contributed by atoms with Gasteiger partial charge in [-0.05, 0) is 137 Å². The first-order valence-corrected chi connectivity index (χ1v) is 25.8. The van der Waals surface area contributed by atoms with Gasteiger partial charge >= 0.3 is 0 Å². The van der Waals surface area contributed by atoms with Crippen LogP contribution in [0.4, 0.5) is 17.1 Å². The van der Waals surface area contributed by atoms with Crippen molar-refractivity contribution in [3.8, 4) is 50.2 Å². The van der Waals surface area contributed by atoms with Crippen molar-refractivity contribution in [3.63, 3.8) is 0 Å². The highest BCUT2D eigenvalue weighted by Gasteiger charge is 2.53. The number of hydrogen-bond acceptors (Lipinski definition) is 1. The van der Waals surface area contributed by atoms with E-state index < -0.39 is 10.8 Å². The van der Waals surface area contributed by atoms with E-state index in [9.17, 15) is 0 Å². The van der Waals surface area contributed by atoms with E-state index in [-0.39, 0.29) is 5.41 Å². The van der Waals surface area contributed by atoms with Crippen molar-refractivity contribution in [2.24, 2.45) is 0 Å². The second-order valence-corrected chi connectivity index (χ2v) is 21.4. The summed E-state index contributed by atoms with van der Waals surface area (Å²) in [5.41, 5.74) is 30.0. The molecule has 0 atom stereocenters. The van der Waals surface area contributed by atoms with Gasteiger partial charge in [0.05, 0.1) is 33.2 Å². The molecule has 2 heteroatoms. The first-order valence-electron chi connectivity index (χ1n) is 25.8. The lowest BCUT2D eigenvalue weighted by Crippen LogP contribution is -2.33. The number of hydrogen-bond donors (Lipinski definition) is 0. The number of rotatable bonds is 3. The third-order valence-electron chi connectivity index (χ3n) is 18.0. The summed E-state index contributed by atoms with van der Waals surface area (Å²) in [4.78, 5) is 2.59. The molecule has 2 spiro atoms. The predicted octanol–water partition coefficient (Wildman–Crippen LogP) is 17.6. The minimum atomic E-state index is -0.469. The van der Waals surface area contributed by atoms with Crippen LogP contribution in [0, 0.1) is 0 Å². The molecule has 5 aliphatic rings. The fraction of sp³-hybridized carbons (Fsp3) is 0.0704. The minimum absolute atomic E-state index is 0.177. The molecule has 0 fully saturated rings. The third kappa shape index (κ3) is 4.59. The second-order valence-electron chi connectivity index (χ2n) is 21.4. The van der Waals surface area contributed by atoms with Crippen molar-refractivity contribution in [1.82, 2.24) is 4.57 Å². The molecule has 0 N–H and O–H groups in total. The molecule has 0 saturated heterocycles. The van der Waals surface area contributed by atoms with Crippen LogP contribution in [0.1, 0.15) is 69.5 Å². The molecule has 1 aromatic heterocycles. The molecule has 12 aromatic rings. The number of anilines is 3. The SMILES string of the molecule is CC1(C)c2ccccc2-c2ccc(N(c3ccc4c(c3)c3cccc5c3n4-c3ccccc3C53c4ccccc4-c4ccccc43)c3cccc4c3-c3ccccc3C43c4ccccc4-c4ccccc43)cc21. The zero-order chi connectivity index (χ0) is 48.0. The van der Waals surface area contributed by atoms with Crippen molar-refractivity contribution in [1.29, 1.82) is 0 Å². The van der Waals surface area contributed by atoms with Gasteiger partial charge in [-0.15, -0.1) is 0 Å². The lowest BCUT2D eigenvalue weighted by molar-refractivity contribution is 0.660. The highest BCUT2D eigenvalue weighted by atomic mass is 15.1. The molecule has 4 aliphatic carbocycles. The Kier molecular flexibility index (Phi) is 7.45. The molecular formula is C71H46N2. The van der Waals surface area contributed by atoms with E-state index in [1.165, 1.54) is 133 Å². The Morgan fingerprint density at radius 2 is 0.753 bits per heavy atom. The normalized spacial score (nSPS) is 15.3. The maximum Gasteiger partial charge on any atom is 0.0754 e. The molecule has 2 heterocycles. The van der Waals surface area contributed by atoms with Gasteiger partial charge < -0.3 is 9.47 Å². The van der Waals surface area contributed by atoms with Crippen molar-refractivity contribution in [3.05, 3.63) is 298 Å². The quantitative estimate of drug-likeness (QED) is 0.171. The van der Waals surface area contributed by atoms with Gasteiger partial charge in [0.2, 0.25) is 0 Å². The van der Waals surface area contributed by atoms with Gasteiger partial charge in [0.25, 0.3) is 0 Å². The van der Waals surface area contributed by atoms with Crippen LogP contribution in [0.5, 0.6) is 0 Å². The number of fused-ring (bicyclic) bond motifs is 25. The third-order valence-corrected chi connectivity index (χ3v) is 18.0. The maximum absolute atomic E-state index is 2.59. The lowest BCUT2D eigenvalue weighted by Gasteiger charge is -2.39. The number of para-hydroxylation sites is 2.